The zero-order valence-electron chi connectivity index (χ0n) is 14.0. The summed E-state index contributed by atoms with van der Waals surface area (Å²) >= 11 is 1.92. The number of aromatic nitrogens is 1. The van der Waals surface area contributed by atoms with Gasteiger partial charge >= 0.3 is 0 Å². The fraction of sp³-hybridized carbons (Fsp3) is 0.824. The average molecular weight is 310 g/mol. The van der Waals surface area contributed by atoms with E-state index in [2.05, 4.69) is 31.0 Å². The molecule has 1 fully saturated rings. The van der Waals surface area contributed by atoms with Gasteiger partial charge in [0.15, 0.2) is 0 Å². The lowest BCUT2D eigenvalue weighted by atomic mass is 10.1. The van der Waals surface area contributed by atoms with Gasteiger partial charge in [-0.15, -0.1) is 11.3 Å². The molecule has 21 heavy (non-hydrogen) atoms. The summed E-state index contributed by atoms with van der Waals surface area (Å²) in [5.74, 6) is 0.526. The molecule has 0 bridgehead atoms. The third kappa shape index (κ3) is 5.35. The molecule has 0 aromatic carbocycles. The van der Waals surface area contributed by atoms with Crippen molar-refractivity contribution in [2.24, 2.45) is 0 Å². The van der Waals surface area contributed by atoms with Gasteiger partial charge in [-0.2, -0.15) is 0 Å². The molecule has 1 aromatic rings. The Kier molecular flexibility index (Phi) is 7.14. The second-order valence-corrected chi connectivity index (χ2v) is 7.61. The van der Waals surface area contributed by atoms with Gasteiger partial charge in [-0.05, 0) is 44.8 Å². The van der Waals surface area contributed by atoms with Crippen molar-refractivity contribution in [3.8, 4) is 0 Å². The van der Waals surface area contributed by atoms with Crippen molar-refractivity contribution in [1.29, 1.82) is 0 Å². The molecular formula is C17H31N3S. The number of thiazole rings is 1. The van der Waals surface area contributed by atoms with Crippen LogP contribution in [-0.4, -0.2) is 29.5 Å². The average Bonchev–Trinajstić information content (AvgIpc) is 2.67. The first-order valence-electron chi connectivity index (χ1n) is 8.62. The highest BCUT2D eigenvalue weighted by molar-refractivity contribution is 7.11. The first kappa shape index (κ1) is 16.9. The van der Waals surface area contributed by atoms with Crippen LogP contribution in [0, 0.1) is 0 Å². The van der Waals surface area contributed by atoms with Crippen LogP contribution in [0.3, 0.4) is 0 Å². The second-order valence-electron chi connectivity index (χ2n) is 6.44. The lowest BCUT2D eigenvalue weighted by molar-refractivity contribution is 0.276. The molecule has 0 amide bonds. The molecule has 1 aliphatic rings. The molecule has 1 N–H and O–H groups in total. The Balaban J connectivity index is 1.99. The monoisotopic (exact) mass is 309 g/mol. The van der Waals surface area contributed by atoms with Gasteiger partial charge in [0.1, 0.15) is 5.01 Å². The number of rotatable bonds is 7. The molecule has 1 aromatic heterocycles. The standard InChI is InChI=1S/C17H31N3S/c1-4-9-18-12-15-17(14(2)3)19-16(21-15)13-20-10-7-5-6-8-11-20/h14,18H,4-13H2,1-3H3. The Morgan fingerprint density at radius 2 is 1.90 bits per heavy atom. The Morgan fingerprint density at radius 3 is 2.52 bits per heavy atom. The zero-order valence-corrected chi connectivity index (χ0v) is 14.8. The van der Waals surface area contributed by atoms with Crippen molar-refractivity contribution in [2.75, 3.05) is 19.6 Å². The predicted molar refractivity (Wildman–Crippen MR) is 91.9 cm³/mol. The normalized spacial score (nSPS) is 17.3. The van der Waals surface area contributed by atoms with Gasteiger partial charge in [0, 0.05) is 11.4 Å². The molecule has 0 saturated carbocycles. The third-order valence-electron chi connectivity index (χ3n) is 4.09. The molecular weight excluding hydrogens is 278 g/mol. The largest absolute Gasteiger partial charge is 0.312 e. The lowest BCUT2D eigenvalue weighted by Gasteiger charge is -2.17. The van der Waals surface area contributed by atoms with E-state index in [0.717, 1.165) is 19.6 Å². The van der Waals surface area contributed by atoms with Gasteiger partial charge < -0.3 is 5.32 Å². The number of likely N-dealkylation sites (tertiary alicyclic amines) is 1. The van der Waals surface area contributed by atoms with E-state index in [0.29, 0.717) is 5.92 Å². The van der Waals surface area contributed by atoms with Crippen LogP contribution in [0.1, 0.15) is 74.4 Å². The molecule has 1 aliphatic heterocycles. The predicted octanol–water partition coefficient (Wildman–Crippen LogP) is 4.14. The van der Waals surface area contributed by atoms with E-state index < -0.39 is 0 Å². The van der Waals surface area contributed by atoms with Crippen molar-refractivity contribution < 1.29 is 0 Å². The number of hydrogen-bond donors (Lipinski definition) is 1. The Hall–Kier alpha value is -0.450. The van der Waals surface area contributed by atoms with Crippen molar-refractivity contribution >= 4 is 11.3 Å². The van der Waals surface area contributed by atoms with Crippen LogP contribution in [-0.2, 0) is 13.1 Å². The summed E-state index contributed by atoms with van der Waals surface area (Å²) in [6.07, 6.45) is 6.70. The lowest BCUT2D eigenvalue weighted by Crippen LogP contribution is -2.23. The summed E-state index contributed by atoms with van der Waals surface area (Å²) in [6.45, 7) is 12.4. The van der Waals surface area contributed by atoms with Gasteiger partial charge in [0.05, 0.1) is 12.2 Å². The summed E-state index contributed by atoms with van der Waals surface area (Å²) in [4.78, 5) is 8.99. The highest BCUT2D eigenvalue weighted by atomic mass is 32.1. The van der Waals surface area contributed by atoms with Crippen LogP contribution in [0.25, 0.3) is 0 Å². The smallest absolute Gasteiger partial charge is 0.107 e. The number of nitrogens with one attached hydrogen (secondary N) is 1. The molecule has 2 heterocycles. The van der Waals surface area contributed by atoms with Gasteiger partial charge in [-0.25, -0.2) is 4.98 Å². The minimum absolute atomic E-state index is 0.526. The minimum atomic E-state index is 0.526. The zero-order chi connectivity index (χ0) is 15.1. The first-order chi connectivity index (χ1) is 10.2. The van der Waals surface area contributed by atoms with E-state index in [1.54, 1.807) is 0 Å². The van der Waals surface area contributed by atoms with Crippen LogP contribution >= 0.6 is 11.3 Å². The van der Waals surface area contributed by atoms with E-state index in [1.807, 2.05) is 11.3 Å². The van der Waals surface area contributed by atoms with Crippen molar-refractivity contribution in [2.45, 2.75) is 71.9 Å². The summed E-state index contributed by atoms with van der Waals surface area (Å²) in [7, 11) is 0. The van der Waals surface area contributed by atoms with Crippen LogP contribution < -0.4 is 5.32 Å². The molecule has 0 unspecified atom stereocenters. The van der Waals surface area contributed by atoms with Crippen molar-refractivity contribution in [1.82, 2.24) is 15.2 Å². The van der Waals surface area contributed by atoms with E-state index in [9.17, 15) is 0 Å². The Bertz CT molecular complexity index is 406. The SMILES string of the molecule is CCCNCc1sc(CN2CCCCCC2)nc1C(C)C. The Morgan fingerprint density at radius 1 is 1.19 bits per heavy atom. The summed E-state index contributed by atoms with van der Waals surface area (Å²) < 4.78 is 0. The topological polar surface area (TPSA) is 28.2 Å². The highest BCUT2D eigenvalue weighted by Gasteiger charge is 2.16. The first-order valence-corrected chi connectivity index (χ1v) is 9.44. The van der Waals surface area contributed by atoms with Gasteiger partial charge in [0.2, 0.25) is 0 Å². The van der Waals surface area contributed by atoms with Crippen molar-refractivity contribution in [3.63, 3.8) is 0 Å². The molecule has 0 radical (unpaired) electrons. The highest BCUT2D eigenvalue weighted by Crippen LogP contribution is 2.26. The van der Waals surface area contributed by atoms with Gasteiger partial charge in [0.25, 0.3) is 0 Å². The van der Waals surface area contributed by atoms with E-state index >= 15 is 0 Å². The van der Waals surface area contributed by atoms with Crippen LogP contribution in [0.4, 0.5) is 0 Å². The molecule has 1 saturated heterocycles. The summed E-state index contributed by atoms with van der Waals surface area (Å²) in [5.41, 5.74) is 1.31. The van der Waals surface area contributed by atoms with E-state index in [4.69, 9.17) is 4.98 Å². The molecule has 2 rings (SSSR count). The number of hydrogen-bond acceptors (Lipinski definition) is 4. The molecule has 0 atom stereocenters. The summed E-state index contributed by atoms with van der Waals surface area (Å²) in [5, 5.41) is 4.84. The van der Waals surface area contributed by atoms with Crippen LogP contribution in [0.15, 0.2) is 0 Å². The van der Waals surface area contributed by atoms with Crippen LogP contribution in [0.2, 0.25) is 0 Å². The van der Waals surface area contributed by atoms with Gasteiger partial charge in [-0.3, -0.25) is 4.90 Å². The quantitative estimate of drug-likeness (QED) is 0.767. The maximum atomic E-state index is 4.95. The summed E-state index contributed by atoms with van der Waals surface area (Å²) in [6, 6.07) is 0. The number of nitrogens with zero attached hydrogens (tertiary/aromatic N) is 2. The third-order valence-corrected chi connectivity index (χ3v) is 5.14. The minimum Gasteiger partial charge on any atom is -0.312 e. The molecule has 120 valence electrons. The van der Waals surface area contributed by atoms with Crippen molar-refractivity contribution in [3.05, 3.63) is 15.6 Å². The molecule has 4 heteroatoms. The molecule has 3 nitrogen and oxygen atoms in total. The van der Waals surface area contributed by atoms with Gasteiger partial charge in [-0.1, -0.05) is 33.6 Å². The fourth-order valence-corrected chi connectivity index (χ4v) is 4.16. The van der Waals surface area contributed by atoms with E-state index in [1.165, 1.54) is 60.8 Å². The van der Waals surface area contributed by atoms with Crippen LogP contribution in [0.5, 0.6) is 0 Å². The fourth-order valence-electron chi connectivity index (χ4n) is 2.92. The Labute approximate surface area is 134 Å². The maximum Gasteiger partial charge on any atom is 0.107 e. The van der Waals surface area contributed by atoms with E-state index in [-0.39, 0.29) is 0 Å². The molecule has 0 aliphatic carbocycles. The second kappa shape index (κ2) is 8.86. The maximum absolute atomic E-state index is 4.95. The molecule has 0 spiro atoms.